The normalized spacial score (nSPS) is 15.7. The summed E-state index contributed by atoms with van der Waals surface area (Å²) >= 11 is 0. The van der Waals surface area contributed by atoms with Crippen molar-refractivity contribution in [2.45, 2.75) is 46.6 Å². The third-order valence-electron chi connectivity index (χ3n) is 4.08. The van der Waals surface area contributed by atoms with Crippen LogP contribution in [0.1, 0.15) is 0 Å². The first-order valence-corrected chi connectivity index (χ1v) is 11.4. The molecule has 1 aromatic rings. The molecule has 0 saturated carbocycles. The van der Waals surface area contributed by atoms with Gasteiger partial charge in [-0.1, -0.05) is 6.07 Å². The average molecular weight is 674 g/mol. The lowest BCUT2D eigenvalue weighted by Gasteiger charge is -2.32. The highest BCUT2D eigenvalue weighted by Gasteiger charge is 2.87. The van der Waals surface area contributed by atoms with Crippen molar-refractivity contribution < 1.29 is 104 Å². The molecule has 0 spiro atoms. The van der Waals surface area contributed by atoms with Crippen molar-refractivity contribution in [2.75, 3.05) is 0 Å². The van der Waals surface area contributed by atoms with Crippen LogP contribution in [0.4, 0.5) is 79.0 Å². The van der Waals surface area contributed by atoms with E-state index in [0.717, 1.165) is 0 Å². The molecule has 0 N–H and O–H groups in total. The Morgan fingerprint density at radius 3 is 0.925 bits per heavy atom. The number of alkyl halides is 18. The first kappa shape index (κ1) is 35.5. The Morgan fingerprint density at radius 2 is 0.700 bits per heavy atom. The minimum Gasteiger partial charge on any atom is -0.378 e. The van der Waals surface area contributed by atoms with E-state index in [1.54, 1.807) is 0 Å². The molecule has 0 fully saturated rings. The molecule has 0 saturated heterocycles. The molecule has 0 aromatic heterocycles. The van der Waals surface area contributed by atoms with Crippen molar-refractivity contribution in [1.82, 2.24) is 0 Å². The van der Waals surface area contributed by atoms with Crippen LogP contribution < -0.4 is 8.37 Å². The van der Waals surface area contributed by atoms with Crippen LogP contribution in [0.25, 0.3) is 0 Å². The van der Waals surface area contributed by atoms with Crippen molar-refractivity contribution in [3.05, 3.63) is 24.3 Å². The third-order valence-corrected chi connectivity index (χ3v) is 6.67. The summed E-state index contributed by atoms with van der Waals surface area (Å²) in [5.74, 6) is -35.4. The molecule has 0 aliphatic rings. The van der Waals surface area contributed by atoms with Crippen molar-refractivity contribution in [1.29, 1.82) is 0 Å². The maximum atomic E-state index is 13.6. The van der Waals surface area contributed by atoms with Gasteiger partial charge in [-0.2, -0.15) is 95.9 Å². The predicted octanol–water partition coefficient (Wildman–Crippen LogP) is 5.96. The lowest BCUT2D eigenvalue weighted by molar-refractivity contribution is -0.382. The van der Waals surface area contributed by atoms with E-state index in [-0.39, 0.29) is 18.2 Å². The van der Waals surface area contributed by atoms with Crippen molar-refractivity contribution >= 4 is 20.2 Å². The molecule has 234 valence electrons. The summed E-state index contributed by atoms with van der Waals surface area (Å²) in [6.07, 6.45) is -15.0. The third kappa shape index (κ3) is 5.26. The van der Waals surface area contributed by atoms with Crippen LogP contribution in [0.2, 0.25) is 0 Å². The second-order valence-corrected chi connectivity index (χ2v) is 10.1. The highest BCUT2D eigenvalue weighted by atomic mass is 32.2. The molecule has 26 heteroatoms. The van der Waals surface area contributed by atoms with Gasteiger partial charge in [0.25, 0.3) is 0 Å². The number of rotatable bonds is 10. The summed E-state index contributed by atoms with van der Waals surface area (Å²) in [5, 5.41) is -15.0. The van der Waals surface area contributed by atoms with Crippen LogP contribution in [0, 0.1) is 0 Å². The van der Waals surface area contributed by atoms with Gasteiger partial charge in [0.2, 0.25) is 0 Å². The SMILES string of the molecule is O=S(=O)(Oc1cccc(OS(=O)(=O)C(F)(F)C(F)(F)C(F)(F)C(F)(F)F)c1)C(F)(F)C(F)(F)C(F)(F)C(F)(F)F. The average Bonchev–Trinajstić information content (AvgIpc) is 2.70. The van der Waals surface area contributed by atoms with Crippen molar-refractivity contribution in [3.63, 3.8) is 0 Å². The van der Waals surface area contributed by atoms with E-state index in [9.17, 15) is 95.9 Å². The van der Waals surface area contributed by atoms with Gasteiger partial charge in [-0.3, -0.25) is 0 Å². The molecular formula is C14H4F18O6S2. The Balaban J connectivity index is 3.47. The number of halogens is 18. The highest BCUT2D eigenvalue weighted by molar-refractivity contribution is 7.88. The van der Waals surface area contributed by atoms with Gasteiger partial charge in [-0.25, -0.2) is 0 Å². The number of hydrogen-bond donors (Lipinski definition) is 0. The lowest BCUT2D eigenvalue weighted by Crippen LogP contribution is -2.63. The number of benzene rings is 1. The second kappa shape index (κ2) is 9.50. The van der Waals surface area contributed by atoms with Crippen LogP contribution in [0.5, 0.6) is 11.5 Å². The zero-order chi connectivity index (χ0) is 32.4. The van der Waals surface area contributed by atoms with Gasteiger partial charge in [-0.05, 0) is 12.1 Å². The summed E-state index contributed by atoms with van der Waals surface area (Å²) in [4.78, 5) is 0. The standard InChI is InChI=1S/C14H4F18O6S2/c15-7(16,11(23,24)25)9(19,20)13(29,30)39(33,34)37-5-2-1-3-6(4-5)38-40(35,36)14(31,32)10(21,22)8(17,18)12(26,27)28/h1-4H. The molecule has 0 unspecified atom stereocenters. The minimum absolute atomic E-state index is 0.0108. The Morgan fingerprint density at radius 1 is 0.450 bits per heavy atom. The van der Waals surface area contributed by atoms with Crippen LogP contribution in [0.3, 0.4) is 0 Å². The van der Waals surface area contributed by atoms with Crippen LogP contribution in [-0.4, -0.2) is 63.4 Å². The zero-order valence-electron chi connectivity index (χ0n) is 17.4. The molecule has 0 bridgehead atoms. The van der Waals surface area contributed by atoms with E-state index < -0.39 is 84.4 Å². The quantitative estimate of drug-likeness (QED) is 0.225. The topological polar surface area (TPSA) is 86.7 Å². The van der Waals surface area contributed by atoms with E-state index in [2.05, 4.69) is 8.37 Å². The predicted molar refractivity (Wildman–Crippen MR) is 87.3 cm³/mol. The summed E-state index contributed by atoms with van der Waals surface area (Å²) in [6, 6.07) is -0.840. The van der Waals surface area contributed by atoms with Gasteiger partial charge in [0.15, 0.2) is 0 Å². The van der Waals surface area contributed by atoms with Crippen molar-refractivity contribution in [3.8, 4) is 11.5 Å². The summed E-state index contributed by atoms with van der Waals surface area (Å²) in [5.41, 5.74) is 0. The fraction of sp³-hybridized carbons (Fsp3) is 0.571. The molecule has 0 heterocycles. The highest BCUT2D eigenvalue weighted by Crippen LogP contribution is 2.56. The van der Waals surface area contributed by atoms with E-state index in [1.165, 1.54) is 0 Å². The Bertz CT molecular complexity index is 1220. The first-order valence-electron chi connectivity index (χ1n) is 8.54. The van der Waals surface area contributed by atoms with E-state index in [4.69, 9.17) is 0 Å². The summed E-state index contributed by atoms with van der Waals surface area (Å²) in [7, 11) is -15.4. The van der Waals surface area contributed by atoms with Gasteiger partial charge in [-0.15, -0.1) is 0 Å². The summed E-state index contributed by atoms with van der Waals surface area (Å²) in [6.45, 7) is 0. The van der Waals surface area contributed by atoms with E-state index >= 15 is 0 Å². The molecule has 0 radical (unpaired) electrons. The van der Waals surface area contributed by atoms with E-state index in [0.29, 0.717) is 0 Å². The molecular weight excluding hydrogens is 670 g/mol. The van der Waals surface area contributed by atoms with Gasteiger partial charge in [0.1, 0.15) is 11.5 Å². The van der Waals surface area contributed by atoms with Gasteiger partial charge in [0.05, 0.1) is 0 Å². The molecule has 0 aliphatic carbocycles. The largest absolute Gasteiger partial charge is 0.460 e. The van der Waals surface area contributed by atoms with Gasteiger partial charge >= 0.3 is 66.8 Å². The monoisotopic (exact) mass is 674 g/mol. The number of hydrogen-bond acceptors (Lipinski definition) is 6. The molecule has 40 heavy (non-hydrogen) atoms. The molecule has 0 amide bonds. The van der Waals surface area contributed by atoms with Gasteiger partial charge in [0, 0.05) is 6.07 Å². The van der Waals surface area contributed by atoms with Crippen LogP contribution in [0.15, 0.2) is 24.3 Å². The van der Waals surface area contributed by atoms with Crippen LogP contribution in [-0.2, 0) is 20.2 Å². The zero-order valence-corrected chi connectivity index (χ0v) is 19.0. The molecule has 1 rings (SSSR count). The van der Waals surface area contributed by atoms with Crippen LogP contribution >= 0.6 is 0 Å². The lowest BCUT2D eigenvalue weighted by atomic mass is 10.1. The second-order valence-electron chi connectivity index (χ2n) is 6.88. The fourth-order valence-corrected chi connectivity index (χ4v) is 3.78. The Hall–Kier alpha value is -2.54. The molecule has 0 aliphatic heterocycles. The molecule has 1 aromatic carbocycles. The Labute approximate surface area is 207 Å². The van der Waals surface area contributed by atoms with E-state index in [1.807, 2.05) is 0 Å². The Kier molecular flexibility index (Phi) is 8.43. The van der Waals surface area contributed by atoms with Crippen molar-refractivity contribution in [2.24, 2.45) is 0 Å². The maximum absolute atomic E-state index is 13.6. The maximum Gasteiger partial charge on any atom is 0.460 e. The fourth-order valence-electron chi connectivity index (χ4n) is 1.97. The minimum atomic E-state index is -7.84. The summed E-state index contributed by atoms with van der Waals surface area (Å²) < 4.78 is 284. The van der Waals surface area contributed by atoms with Gasteiger partial charge < -0.3 is 8.37 Å². The first-order chi connectivity index (χ1) is 17.2. The molecule has 6 nitrogen and oxygen atoms in total. The molecule has 0 atom stereocenters. The smallest absolute Gasteiger partial charge is 0.378 e.